The first-order chi connectivity index (χ1) is 9.65. The van der Waals surface area contributed by atoms with Crippen LogP contribution >= 0.6 is 0 Å². The number of carboxylic acids is 1. The molecule has 0 amide bonds. The van der Waals surface area contributed by atoms with E-state index >= 15 is 0 Å². The molecule has 0 aliphatic rings. The summed E-state index contributed by atoms with van der Waals surface area (Å²) in [6.07, 6.45) is 0. The SMILES string of the molecule is COc1cc(C)c(S(=O)(=O)NC(CO)C(=O)O)c(C)c1C. The second-order valence-electron chi connectivity index (χ2n) is 4.67. The Morgan fingerprint density at radius 3 is 2.33 bits per heavy atom. The number of carboxylic acid groups (broad SMARTS) is 1. The number of nitrogens with one attached hydrogen (secondary N) is 1. The van der Waals surface area contributed by atoms with Gasteiger partial charge in [-0.3, -0.25) is 4.79 Å². The first kappa shape index (κ1) is 17.4. The van der Waals surface area contributed by atoms with Crippen LogP contribution in [-0.2, 0) is 14.8 Å². The van der Waals surface area contributed by atoms with Crippen molar-refractivity contribution in [2.75, 3.05) is 13.7 Å². The number of hydrogen-bond donors (Lipinski definition) is 3. The molecule has 3 N–H and O–H groups in total. The van der Waals surface area contributed by atoms with Gasteiger partial charge in [0.05, 0.1) is 18.6 Å². The molecule has 1 unspecified atom stereocenters. The van der Waals surface area contributed by atoms with E-state index in [1.54, 1.807) is 26.8 Å². The summed E-state index contributed by atoms with van der Waals surface area (Å²) in [5, 5.41) is 17.8. The van der Waals surface area contributed by atoms with Gasteiger partial charge < -0.3 is 14.9 Å². The summed E-state index contributed by atoms with van der Waals surface area (Å²) < 4.78 is 31.9. The summed E-state index contributed by atoms with van der Waals surface area (Å²) in [5.74, 6) is -0.887. The summed E-state index contributed by atoms with van der Waals surface area (Å²) in [4.78, 5) is 10.9. The van der Waals surface area contributed by atoms with Gasteiger partial charge in [0.15, 0.2) is 0 Å². The molecule has 0 fully saturated rings. The predicted molar refractivity (Wildman–Crippen MR) is 76.0 cm³/mol. The molecule has 8 heteroatoms. The lowest BCUT2D eigenvalue weighted by Gasteiger charge is -2.18. The third-order valence-electron chi connectivity index (χ3n) is 3.25. The quantitative estimate of drug-likeness (QED) is 0.697. The number of aliphatic hydroxyl groups excluding tert-OH is 1. The zero-order valence-corrected chi connectivity index (χ0v) is 13.1. The second-order valence-corrected chi connectivity index (χ2v) is 6.32. The number of rotatable bonds is 6. The topological polar surface area (TPSA) is 113 Å². The Kier molecular flexibility index (Phi) is 5.32. The standard InChI is InChI=1S/C13H19NO6S/c1-7-5-11(20-4)8(2)9(3)12(7)21(18,19)14-10(6-15)13(16)17/h5,10,14-15H,6H2,1-4H3,(H,16,17). The molecule has 0 radical (unpaired) electrons. The van der Waals surface area contributed by atoms with Gasteiger partial charge in [-0.2, -0.15) is 4.72 Å². The fourth-order valence-electron chi connectivity index (χ4n) is 2.06. The van der Waals surface area contributed by atoms with Crippen LogP contribution in [-0.4, -0.2) is 44.4 Å². The van der Waals surface area contributed by atoms with Crippen molar-refractivity contribution < 1.29 is 28.2 Å². The van der Waals surface area contributed by atoms with Gasteiger partial charge >= 0.3 is 5.97 Å². The molecule has 0 spiro atoms. The van der Waals surface area contributed by atoms with Crippen molar-refractivity contribution in [2.24, 2.45) is 0 Å². The molecule has 0 heterocycles. The lowest BCUT2D eigenvalue weighted by atomic mass is 10.1. The van der Waals surface area contributed by atoms with E-state index in [1.807, 2.05) is 4.72 Å². The average molecular weight is 317 g/mol. The van der Waals surface area contributed by atoms with Crippen LogP contribution in [0.2, 0.25) is 0 Å². The van der Waals surface area contributed by atoms with Crippen molar-refractivity contribution in [3.8, 4) is 5.75 Å². The molecular weight excluding hydrogens is 298 g/mol. The lowest BCUT2D eigenvalue weighted by molar-refractivity contribution is -0.139. The monoisotopic (exact) mass is 317 g/mol. The van der Waals surface area contributed by atoms with E-state index in [1.165, 1.54) is 7.11 Å². The number of sulfonamides is 1. The van der Waals surface area contributed by atoms with E-state index in [-0.39, 0.29) is 4.90 Å². The highest BCUT2D eigenvalue weighted by Gasteiger charge is 2.28. The molecule has 0 bridgehead atoms. The van der Waals surface area contributed by atoms with E-state index in [2.05, 4.69) is 0 Å². The van der Waals surface area contributed by atoms with Crippen LogP contribution in [0.3, 0.4) is 0 Å². The molecule has 1 aromatic carbocycles. The fraction of sp³-hybridized carbons (Fsp3) is 0.462. The van der Waals surface area contributed by atoms with Gasteiger partial charge in [-0.05, 0) is 43.5 Å². The number of methoxy groups -OCH3 is 1. The maximum Gasteiger partial charge on any atom is 0.324 e. The Labute approximate surface area is 123 Å². The van der Waals surface area contributed by atoms with E-state index < -0.39 is 28.6 Å². The zero-order chi connectivity index (χ0) is 16.4. The molecule has 1 rings (SSSR count). The van der Waals surface area contributed by atoms with Gasteiger partial charge in [0.25, 0.3) is 0 Å². The Morgan fingerprint density at radius 1 is 1.33 bits per heavy atom. The fourth-order valence-corrected chi connectivity index (χ4v) is 3.77. The van der Waals surface area contributed by atoms with Gasteiger partial charge in [-0.25, -0.2) is 8.42 Å². The number of ether oxygens (including phenoxy) is 1. The van der Waals surface area contributed by atoms with E-state index in [0.29, 0.717) is 22.4 Å². The number of aryl methyl sites for hydroxylation is 1. The Hall–Kier alpha value is -1.64. The van der Waals surface area contributed by atoms with Gasteiger partial charge in [0.1, 0.15) is 11.8 Å². The summed E-state index contributed by atoms with van der Waals surface area (Å²) in [6.45, 7) is 4.10. The number of benzene rings is 1. The molecule has 0 saturated heterocycles. The van der Waals surface area contributed by atoms with E-state index in [9.17, 15) is 13.2 Å². The number of aliphatic hydroxyl groups is 1. The molecule has 7 nitrogen and oxygen atoms in total. The largest absolute Gasteiger partial charge is 0.496 e. The Balaban J connectivity index is 3.39. The highest BCUT2D eigenvalue weighted by atomic mass is 32.2. The minimum absolute atomic E-state index is 0.000463. The zero-order valence-electron chi connectivity index (χ0n) is 12.3. The number of aliphatic carboxylic acids is 1. The van der Waals surface area contributed by atoms with Crippen molar-refractivity contribution >= 4 is 16.0 Å². The lowest BCUT2D eigenvalue weighted by Crippen LogP contribution is -2.43. The predicted octanol–water partition coefficient (Wildman–Crippen LogP) is 0.344. The van der Waals surface area contributed by atoms with Crippen LogP contribution in [0.5, 0.6) is 5.75 Å². The van der Waals surface area contributed by atoms with Gasteiger partial charge in [-0.15, -0.1) is 0 Å². The molecule has 118 valence electrons. The number of hydrogen-bond acceptors (Lipinski definition) is 5. The number of carbonyl (C=O) groups is 1. The highest BCUT2D eigenvalue weighted by Crippen LogP contribution is 2.30. The van der Waals surface area contributed by atoms with Crippen molar-refractivity contribution in [3.63, 3.8) is 0 Å². The summed E-state index contributed by atoms with van der Waals surface area (Å²) in [7, 11) is -2.59. The van der Waals surface area contributed by atoms with Crippen LogP contribution in [0.4, 0.5) is 0 Å². The molecular formula is C13H19NO6S. The summed E-state index contributed by atoms with van der Waals surface area (Å²) in [6, 6.07) is -0.0118. The summed E-state index contributed by atoms with van der Waals surface area (Å²) >= 11 is 0. The average Bonchev–Trinajstić information content (AvgIpc) is 2.39. The van der Waals surface area contributed by atoms with E-state index in [4.69, 9.17) is 14.9 Å². The van der Waals surface area contributed by atoms with Crippen LogP contribution < -0.4 is 9.46 Å². The summed E-state index contributed by atoms with van der Waals surface area (Å²) in [5.41, 5.74) is 1.56. The highest BCUT2D eigenvalue weighted by molar-refractivity contribution is 7.89. The minimum atomic E-state index is -4.07. The van der Waals surface area contributed by atoms with Crippen molar-refractivity contribution in [1.29, 1.82) is 0 Å². The molecule has 21 heavy (non-hydrogen) atoms. The Bertz CT molecular complexity index is 653. The van der Waals surface area contributed by atoms with Gasteiger partial charge in [-0.1, -0.05) is 0 Å². The normalized spacial score (nSPS) is 13.0. The maximum atomic E-state index is 12.4. The van der Waals surface area contributed by atoms with Gasteiger partial charge in [0, 0.05) is 0 Å². The maximum absolute atomic E-state index is 12.4. The minimum Gasteiger partial charge on any atom is -0.496 e. The van der Waals surface area contributed by atoms with Crippen molar-refractivity contribution in [1.82, 2.24) is 4.72 Å². The molecule has 1 atom stereocenters. The van der Waals surface area contributed by atoms with Crippen molar-refractivity contribution in [2.45, 2.75) is 31.7 Å². The molecule has 1 aromatic rings. The molecule has 0 aromatic heterocycles. The third kappa shape index (κ3) is 3.52. The second kappa shape index (κ2) is 6.42. The third-order valence-corrected chi connectivity index (χ3v) is 5.01. The first-order valence-corrected chi connectivity index (χ1v) is 7.64. The first-order valence-electron chi connectivity index (χ1n) is 6.16. The van der Waals surface area contributed by atoms with Crippen LogP contribution in [0.1, 0.15) is 16.7 Å². The van der Waals surface area contributed by atoms with Crippen LogP contribution in [0.15, 0.2) is 11.0 Å². The smallest absolute Gasteiger partial charge is 0.324 e. The van der Waals surface area contributed by atoms with E-state index in [0.717, 1.165) is 0 Å². The van der Waals surface area contributed by atoms with Gasteiger partial charge in [0.2, 0.25) is 10.0 Å². The van der Waals surface area contributed by atoms with Crippen LogP contribution in [0.25, 0.3) is 0 Å². The molecule has 0 aliphatic heterocycles. The molecule has 0 aliphatic carbocycles. The van der Waals surface area contributed by atoms with Crippen molar-refractivity contribution in [3.05, 3.63) is 22.8 Å². The molecule has 0 saturated carbocycles. The Morgan fingerprint density at radius 2 is 1.90 bits per heavy atom. The van der Waals surface area contributed by atoms with Crippen LogP contribution in [0, 0.1) is 20.8 Å².